The van der Waals surface area contributed by atoms with Crippen LogP contribution in [0.2, 0.25) is 0 Å². The summed E-state index contributed by atoms with van der Waals surface area (Å²) in [4.78, 5) is 17.0. The van der Waals surface area contributed by atoms with Crippen molar-refractivity contribution in [3.05, 3.63) is 29.8 Å². The van der Waals surface area contributed by atoms with Gasteiger partial charge in [0.25, 0.3) is 5.91 Å². The van der Waals surface area contributed by atoms with Crippen molar-refractivity contribution >= 4 is 15.9 Å². The van der Waals surface area contributed by atoms with E-state index in [4.69, 9.17) is 0 Å². The smallest absolute Gasteiger partial charge is 0.253 e. The molecule has 2 fully saturated rings. The molecule has 7 heteroatoms. The van der Waals surface area contributed by atoms with Crippen molar-refractivity contribution in [1.82, 2.24) is 14.5 Å². The zero-order valence-electron chi connectivity index (χ0n) is 14.2. The summed E-state index contributed by atoms with van der Waals surface area (Å²) < 4.78 is 27.3. The van der Waals surface area contributed by atoms with Crippen LogP contribution in [0.3, 0.4) is 0 Å². The molecule has 24 heavy (non-hydrogen) atoms. The van der Waals surface area contributed by atoms with E-state index in [1.165, 1.54) is 12.1 Å². The van der Waals surface area contributed by atoms with Gasteiger partial charge in [0, 0.05) is 43.8 Å². The van der Waals surface area contributed by atoms with Crippen LogP contribution in [0.4, 0.5) is 0 Å². The van der Waals surface area contributed by atoms with Gasteiger partial charge in [0.05, 0.1) is 4.90 Å². The van der Waals surface area contributed by atoms with Crippen LogP contribution >= 0.6 is 0 Å². The minimum atomic E-state index is -3.53. The van der Waals surface area contributed by atoms with Gasteiger partial charge in [-0.3, -0.25) is 9.69 Å². The van der Waals surface area contributed by atoms with Gasteiger partial charge in [-0.25, -0.2) is 13.1 Å². The van der Waals surface area contributed by atoms with E-state index in [1.54, 1.807) is 17.0 Å². The fourth-order valence-corrected chi connectivity index (χ4v) is 4.26. The largest absolute Gasteiger partial charge is 0.336 e. The molecule has 1 aromatic carbocycles. The molecule has 2 aliphatic rings. The molecule has 1 aliphatic carbocycles. The third-order valence-corrected chi connectivity index (χ3v) is 6.14. The first kappa shape index (κ1) is 17.4. The van der Waals surface area contributed by atoms with Crippen molar-refractivity contribution in [1.29, 1.82) is 0 Å². The van der Waals surface area contributed by atoms with Crippen LogP contribution in [0.1, 0.15) is 37.0 Å². The number of benzene rings is 1. The van der Waals surface area contributed by atoms with E-state index in [2.05, 4.69) is 23.5 Å². The maximum absolute atomic E-state index is 12.7. The summed E-state index contributed by atoms with van der Waals surface area (Å²) in [5.74, 6) is -0.0955. The van der Waals surface area contributed by atoms with Gasteiger partial charge in [-0.15, -0.1) is 0 Å². The predicted octanol–water partition coefficient (Wildman–Crippen LogP) is 1.29. The Bertz CT molecular complexity index is 706. The maximum Gasteiger partial charge on any atom is 0.253 e. The van der Waals surface area contributed by atoms with E-state index in [0.29, 0.717) is 24.7 Å². The number of nitrogens with one attached hydrogen (secondary N) is 1. The summed E-state index contributed by atoms with van der Waals surface area (Å²) in [6.45, 7) is 7.36. The number of sulfonamides is 1. The highest BCUT2D eigenvalue weighted by atomic mass is 32.2. The summed E-state index contributed by atoms with van der Waals surface area (Å²) in [5, 5.41) is 0. The highest BCUT2D eigenvalue weighted by Crippen LogP contribution is 2.23. The molecule has 0 unspecified atom stereocenters. The summed E-state index contributed by atoms with van der Waals surface area (Å²) in [7, 11) is -3.53. The summed E-state index contributed by atoms with van der Waals surface area (Å²) in [6, 6.07) is 6.88. The highest BCUT2D eigenvalue weighted by molar-refractivity contribution is 7.89. The van der Waals surface area contributed by atoms with Gasteiger partial charge in [-0.05, 0) is 44.9 Å². The first-order valence-corrected chi connectivity index (χ1v) is 10.0. The second kappa shape index (κ2) is 6.82. The van der Waals surface area contributed by atoms with Gasteiger partial charge in [0.1, 0.15) is 0 Å². The van der Waals surface area contributed by atoms with Crippen LogP contribution in [0.25, 0.3) is 0 Å². The van der Waals surface area contributed by atoms with E-state index in [1.807, 2.05) is 0 Å². The molecule has 0 atom stereocenters. The number of rotatable bonds is 5. The number of hydrogen-bond donors (Lipinski definition) is 1. The molecule has 0 radical (unpaired) electrons. The summed E-state index contributed by atoms with van der Waals surface area (Å²) >= 11 is 0. The zero-order chi connectivity index (χ0) is 17.3. The number of amides is 1. The van der Waals surface area contributed by atoms with Crippen molar-refractivity contribution in [2.45, 2.75) is 43.7 Å². The quantitative estimate of drug-likeness (QED) is 0.868. The molecule has 132 valence electrons. The molecule has 0 spiro atoms. The first-order valence-electron chi connectivity index (χ1n) is 8.52. The molecular formula is C17H25N3O3S. The highest BCUT2D eigenvalue weighted by Gasteiger charge is 2.29. The van der Waals surface area contributed by atoms with Gasteiger partial charge in [0.2, 0.25) is 10.0 Å². The van der Waals surface area contributed by atoms with Crippen molar-refractivity contribution in [2.75, 3.05) is 26.2 Å². The minimum absolute atomic E-state index is 0.0541. The Morgan fingerprint density at radius 2 is 1.83 bits per heavy atom. The minimum Gasteiger partial charge on any atom is -0.336 e. The maximum atomic E-state index is 12.7. The van der Waals surface area contributed by atoms with E-state index >= 15 is 0 Å². The molecule has 1 heterocycles. The Balaban J connectivity index is 1.71. The van der Waals surface area contributed by atoms with Gasteiger partial charge < -0.3 is 4.90 Å². The SMILES string of the molecule is CC(C)N1CCN(C(=O)c2cccc(S(=O)(=O)NC3CC3)c2)CC1. The topological polar surface area (TPSA) is 69.7 Å². The predicted molar refractivity (Wildman–Crippen MR) is 92.4 cm³/mol. The summed E-state index contributed by atoms with van der Waals surface area (Å²) in [6.07, 6.45) is 1.77. The average molecular weight is 351 g/mol. The Kier molecular flexibility index (Phi) is 4.94. The number of carbonyl (C=O) groups excluding carboxylic acids is 1. The second-order valence-electron chi connectivity index (χ2n) is 6.85. The molecule has 6 nitrogen and oxygen atoms in total. The molecule has 1 saturated heterocycles. The molecular weight excluding hydrogens is 326 g/mol. The standard InChI is InChI=1S/C17H25N3O3S/c1-13(2)19-8-10-20(11-9-19)17(21)14-4-3-5-16(12-14)24(22,23)18-15-6-7-15/h3-5,12-13,15,18H,6-11H2,1-2H3. The molecule has 3 rings (SSSR count). The normalized spacial score (nSPS) is 19.7. The lowest BCUT2D eigenvalue weighted by Crippen LogP contribution is -2.50. The van der Waals surface area contributed by atoms with Crippen molar-refractivity contribution in [2.24, 2.45) is 0 Å². The van der Waals surface area contributed by atoms with E-state index in [9.17, 15) is 13.2 Å². The number of piperazine rings is 1. The lowest BCUT2D eigenvalue weighted by Gasteiger charge is -2.37. The van der Waals surface area contributed by atoms with Crippen LogP contribution in [0, 0.1) is 0 Å². The van der Waals surface area contributed by atoms with Crippen LogP contribution < -0.4 is 4.72 Å². The monoisotopic (exact) mass is 351 g/mol. The number of nitrogens with zero attached hydrogens (tertiary/aromatic N) is 2. The van der Waals surface area contributed by atoms with E-state index < -0.39 is 10.0 Å². The van der Waals surface area contributed by atoms with Crippen LogP contribution in [0.5, 0.6) is 0 Å². The van der Waals surface area contributed by atoms with E-state index in [-0.39, 0.29) is 16.8 Å². The van der Waals surface area contributed by atoms with Gasteiger partial charge in [-0.2, -0.15) is 0 Å². The molecule has 0 aromatic heterocycles. The van der Waals surface area contributed by atoms with E-state index in [0.717, 1.165) is 25.9 Å². The second-order valence-corrected chi connectivity index (χ2v) is 8.56. The average Bonchev–Trinajstić information content (AvgIpc) is 3.37. The molecule has 1 saturated carbocycles. The third-order valence-electron chi connectivity index (χ3n) is 4.62. The van der Waals surface area contributed by atoms with Crippen LogP contribution in [0.15, 0.2) is 29.2 Å². The zero-order valence-corrected chi connectivity index (χ0v) is 15.1. The molecule has 1 N–H and O–H groups in total. The van der Waals surface area contributed by atoms with Gasteiger partial charge in [0.15, 0.2) is 0 Å². The van der Waals surface area contributed by atoms with Crippen molar-refractivity contribution in [3.8, 4) is 0 Å². The van der Waals surface area contributed by atoms with Crippen LogP contribution in [-0.4, -0.2) is 62.4 Å². The lowest BCUT2D eigenvalue weighted by molar-refractivity contribution is 0.0595. The Morgan fingerprint density at radius 1 is 1.17 bits per heavy atom. The molecule has 1 aromatic rings. The first-order chi connectivity index (χ1) is 11.4. The number of carbonyl (C=O) groups is 1. The van der Waals surface area contributed by atoms with Crippen molar-refractivity contribution < 1.29 is 13.2 Å². The van der Waals surface area contributed by atoms with Crippen molar-refractivity contribution in [3.63, 3.8) is 0 Å². The Labute approximate surface area is 143 Å². The van der Waals surface area contributed by atoms with Gasteiger partial charge in [-0.1, -0.05) is 6.07 Å². The Hall–Kier alpha value is -1.44. The summed E-state index contributed by atoms with van der Waals surface area (Å²) in [5.41, 5.74) is 0.437. The molecule has 0 bridgehead atoms. The lowest BCUT2D eigenvalue weighted by atomic mass is 10.1. The fourth-order valence-electron chi connectivity index (χ4n) is 2.91. The fraction of sp³-hybridized carbons (Fsp3) is 0.588. The Morgan fingerprint density at radius 3 is 2.42 bits per heavy atom. The molecule has 1 aliphatic heterocycles. The van der Waals surface area contributed by atoms with Crippen LogP contribution in [-0.2, 0) is 10.0 Å². The van der Waals surface area contributed by atoms with Gasteiger partial charge >= 0.3 is 0 Å². The third kappa shape index (κ3) is 3.96. The number of hydrogen-bond acceptors (Lipinski definition) is 4. The molecule has 1 amide bonds.